The van der Waals surface area contributed by atoms with Crippen LogP contribution in [0.2, 0.25) is 0 Å². The third kappa shape index (κ3) is 4.73. The van der Waals surface area contributed by atoms with Gasteiger partial charge in [-0.1, -0.05) is 18.0 Å². The van der Waals surface area contributed by atoms with Crippen LogP contribution in [0.15, 0.2) is 34.1 Å². The summed E-state index contributed by atoms with van der Waals surface area (Å²) >= 11 is 0. The molecule has 28 heavy (non-hydrogen) atoms. The lowest BCUT2D eigenvalue weighted by molar-refractivity contribution is 0.169. The van der Waals surface area contributed by atoms with Crippen LogP contribution in [0.3, 0.4) is 0 Å². The molecule has 2 aromatic rings. The topological polar surface area (TPSA) is 74.7 Å². The van der Waals surface area contributed by atoms with E-state index in [1.54, 1.807) is 6.26 Å². The van der Waals surface area contributed by atoms with Crippen molar-refractivity contribution in [2.75, 3.05) is 32.7 Å². The van der Waals surface area contributed by atoms with Gasteiger partial charge in [0, 0.05) is 51.5 Å². The van der Waals surface area contributed by atoms with Crippen LogP contribution < -0.4 is 5.32 Å². The summed E-state index contributed by atoms with van der Waals surface area (Å²) < 4.78 is 7.08. The summed E-state index contributed by atoms with van der Waals surface area (Å²) in [5.74, 6) is 0.985. The number of rotatable bonds is 6. The number of aliphatic imine (C=N–C) groups is 1. The Morgan fingerprint density at radius 3 is 2.71 bits per heavy atom. The van der Waals surface area contributed by atoms with E-state index in [2.05, 4.69) is 44.1 Å². The third-order valence-corrected chi connectivity index (χ3v) is 5.64. The average Bonchev–Trinajstić information content (AvgIpc) is 3.48. The molecule has 1 saturated carbocycles. The van der Waals surface area contributed by atoms with E-state index in [1.165, 1.54) is 25.7 Å². The first-order valence-corrected chi connectivity index (χ1v) is 10.5. The van der Waals surface area contributed by atoms with Gasteiger partial charge in [-0.25, -0.2) is 4.99 Å². The van der Waals surface area contributed by atoms with Crippen molar-refractivity contribution in [3.05, 3.63) is 36.0 Å². The molecule has 0 amide bonds. The molecule has 0 bridgehead atoms. The Kier molecular flexibility index (Phi) is 6.26. The number of nitrogens with one attached hydrogen (secondary N) is 1. The second-order valence-electron chi connectivity index (χ2n) is 7.65. The molecule has 0 atom stereocenters. The van der Waals surface area contributed by atoms with E-state index >= 15 is 0 Å². The van der Waals surface area contributed by atoms with Gasteiger partial charge < -0.3 is 14.7 Å². The fraction of sp³-hybridized carbons (Fsp3) is 0.650. The highest BCUT2D eigenvalue weighted by molar-refractivity contribution is 5.80. The molecule has 0 spiro atoms. The van der Waals surface area contributed by atoms with Crippen molar-refractivity contribution in [1.29, 1.82) is 0 Å². The number of guanidine groups is 1. The Balaban J connectivity index is 1.32. The minimum Gasteiger partial charge on any atom is -0.364 e. The van der Waals surface area contributed by atoms with E-state index in [0.29, 0.717) is 12.6 Å². The summed E-state index contributed by atoms with van der Waals surface area (Å²) in [7, 11) is 0. The van der Waals surface area contributed by atoms with Crippen LogP contribution in [0.25, 0.3) is 0 Å². The Morgan fingerprint density at radius 2 is 2.00 bits per heavy atom. The lowest BCUT2D eigenvalue weighted by atomic mass is 10.3. The lowest BCUT2D eigenvalue weighted by Crippen LogP contribution is -2.52. The number of hydrogen-bond acceptors (Lipinski definition) is 5. The van der Waals surface area contributed by atoms with Crippen LogP contribution in [0, 0.1) is 0 Å². The molecule has 0 aromatic carbocycles. The zero-order valence-electron chi connectivity index (χ0n) is 16.8. The van der Waals surface area contributed by atoms with Crippen molar-refractivity contribution in [3.8, 4) is 0 Å². The van der Waals surface area contributed by atoms with E-state index in [1.807, 2.05) is 6.07 Å². The molecule has 0 unspecified atom stereocenters. The number of nitrogens with zero attached hydrogens (tertiary/aromatic N) is 6. The zero-order valence-corrected chi connectivity index (χ0v) is 16.8. The van der Waals surface area contributed by atoms with Crippen LogP contribution in [-0.4, -0.2) is 63.4 Å². The number of hydrogen-bond donors (Lipinski definition) is 1. The number of piperazine rings is 1. The van der Waals surface area contributed by atoms with Crippen LogP contribution in [0.5, 0.6) is 0 Å². The van der Waals surface area contributed by atoms with Crippen molar-refractivity contribution < 1.29 is 4.52 Å². The van der Waals surface area contributed by atoms with Crippen LogP contribution >= 0.6 is 0 Å². The molecule has 1 saturated heterocycles. The molecule has 8 heteroatoms. The highest BCUT2D eigenvalue weighted by Gasteiger charge is 2.21. The summed E-state index contributed by atoms with van der Waals surface area (Å²) in [5.41, 5.74) is 2.04. The van der Waals surface area contributed by atoms with Crippen molar-refractivity contribution in [2.24, 2.45) is 4.99 Å². The molecular formula is C20H31N7O. The van der Waals surface area contributed by atoms with Crippen molar-refractivity contribution in [3.63, 3.8) is 0 Å². The van der Waals surface area contributed by atoms with E-state index in [0.717, 1.165) is 56.6 Å². The van der Waals surface area contributed by atoms with Gasteiger partial charge in [-0.15, -0.1) is 0 Å². The summed E-state index contributed by atoms with van der Waals surface area (Å²) in [6, 6.07) is 4.63. The summed E-state index contributed by atoms with van der Waals surface area (Å²) in [5, 5.41) is 12.2. The minimum absolute atomic E-state index is 0.587. The van der Waals surface area contributed by atoms with Crippen LogP contribution in [-0.2, 0) is 13.1 Å². The predicted octanol–water partition coefficient (Wildman–Crippen LogP) is 2.27. The molecule has 4 rings (SSSR count). The normalized spacial score (nSPS) is 19.5. The molecule has 1 aliphatic heterocycles. The van der Waals surface area contributed by atoms with Crippen molar-refractivity contribution in [2.45, 2.75) is 51.7 Å². The molecule has 2 aromatic heterocycles. The fourth-order valence-electron chi connectivity index (χ4n) is 4.08. The second kappa shape index (κ2) is 9.23. The molecule has 3 heterocycles. The predicted molar refractivity (Wildman–Crippen MR) is 108 cm³/mol. The molecule has 1 aliphatic carbocycles. The van der Waals surface area contributed by atoms with Gasteiger partial charge in [-0.05, 0) is 25.8 Å². The average molecular weight is 386 g/mol. The monoisotopic (exact) mass is 385 g/mol. The van der Waals surface area contributed by atoms with E-state index < -0.39 is 0 Å². The van der Waals surface area contributed by atoms with E-state index in [-0.39, 0.29) is 0 Å². The highest BCUT2D eigenvalue weighted by atomic mass is 16.5. The third-order valence-electron chi connectivity index (χ3n) is 5.64. The van der Waals surface area contributed by atoms with Gasteiger partial charge >= 0.3 is 0 Å². The Morgan fingerprint density at radius 1 is 1.18 bits per heavy atom. The molecule has 152 valence electrons. The quantitative estimate of drug-likeness (QED) is 0.607. The Bertz CT molecular complexity index is 740. The van der Waals surface area contributed by atoms with Gasteiger partial charge in [0.15, 0.2) is 5.96 Å². The van der Waals surface area contributed by atoms with Gasteiger partial charge in [0.1, 0.15) is 6.26 Å². The lowest BCUT2D eigenvalue weighted by Gasteiger charge is -2.36. The summed E-state index contributed by atoms with van der Waals surface area (Å²) in [6.07, 6.45) is 8.92. The minimum atomic E-state index is 0.587. The van der Waals surface area contributed by atoms with Crippen molar-refractivity contribution >= 4 is 5.96 Å². The Labute approximate surface area is 166 Å². The van der Waals surface area contributed by atoms with E-state index in [9.17, 15) is 0 Å². The zero-order chi connectivity index (χ0) is 19.2. The maximum absolute atomic E-state index is 4.93. The number of aromatic nitrogens is 3. The first-order chi connectivity index (χ1) is 13.8. The first kappa shape index (κ1) is 19.0. The van der Waals surface area contributed by atoms with Crippen LogP contribution in [0.4, 0.5) is 0 Å². The largest absolute Gasteiger partial charge is 0.364 e. The molecule has 2 fully saturated rings. The Hall–Kier alpha value is -2.35. The second-order valence-corrected chi connectivity index (χ2v) is 7.65. The molecular weight excluding hydrogens is 354 g/mol. The standard InChI is InChI=1S/C20H31N7O/c1-2-21-20(22-15-17-7-9-27(23-17)19-5-3-4-6-19)26-12-10-25(11-13-26)16-18-8-14-28-24-18/h7-9,14,19H,2-6,10-13,15-16H2,1H3,(H,21,22). The summed E-state index contributed by atoms with van der Waals surface area (Å²) in [4.78, 5) is 9.61. The SMILES string of the molecule is CCNC(=NCc1ccn(C2CCCC2)n1)N1CCN(Cc2ccon2)CC1. The molecule has 8 nitrogen and oxygen atoms in total. The summed E-state index contributed by atoms with van der Waals surface area (Å²) in [6.45, 7) is 8.36. The first-order valence-electron chi connectivity index (χ1n) is 10.5. The molecule has 2 aliphatic rings. The van der Waals surface area contributed by atoms with E-state index in [4.69, 9.17) is 14.6 Å². The maximum atomic E-state index is 4.93. The van der Waals surface area contributed by atoms with Gasteiger partial charge in [-0.3, -0.25) is 9.58 Å². The van der Waals surface area contributed by atoms with Gasteiger partial charge in [0.25, 0.3) is 0 Å². The van der Waals surface area contributed by atoms with Gasteiger partial charge in [0.05, 0.1) is 24.0 Å². The highest BCUT2D eigenvalue weighted by Crippen LogP contribution is 2.28. The van der Waals surface area contributed by atoms with Gasteiger partial charge in [-0.2, -0.15) is 5.10 Å². The van der Waals surface area contributed by atoms with Crippen LogP contribution in [0.1, 0.15) is 50.0 Å². The van der Waals surface area contributed by atoms with Gasteiger partial charge in [0.2, 0.25) is 0 Å². The smallest absolute Gasteiger partial charge is 0.194 e. The molecule has 1 N–H and O–H groups in total. The molecule has 0 radical (unpaired) electrons. The van der Waals surface area contributed by atoms with Crippen molar-refractivity contribution in [1.82, 2.24) is 30.1 Å². The maximum Gasteiger partial charge on any atom is 0.194 e. The fourth-order valence-corrected chi connectivity index (χ4v) is 4.08.